The maximum Gasteiger partial charge on any atom is 0.319 e. The fourth-order valence-corrected chi connectivity index (χ4v) is 4.90. The van der Waals surface area contributed by atoms with E-state index in [0.717, 1.165) is 29.5 Å². The number of hydrogen-bond acceptors (Lipinski definition) is 4. The lowest BCUT2D eigenvalue weighted by molar-refractivity contribution is -0.137. The van der Waals surface area contributed by atoms with Crippen LogP contribution in [0.4, 0.5) is 10.5 Å². The first-order chi connectivity index (χ1) is 16.9. The van der Waals surface area contributed by atoms with Gasteiger partial charge in [-0.05, 0) is 54.8 Å². The van der Waals surface area contributed by atoms with Gasteiger partial charge in [-0.1, -0.05) is 44.2 Å². The number of carbonyl (C=O) groups excluding carboxylic acids is 2. The number of fused-ring (bicyclic) bond motifs is 1. The third-order valence-corrected chi connectivity index (χ3v) is 6.97. The highest BCUT2D eigenvalue weighted by Gasteiger charge is 2.25. The second kappa shape index (κ2) is 13.3. The van der Waals surface area contributed by atoms with Gasteiger partial charge in [0.15, 0.2) is 0 Å². The molecule has 35 heavy (non-hydrogen) atoms. The number of carbonyl (C=O) groups is 3. The molecule has 0 saturated heterocycles. The molecule has 0 bridgehead atoms. The number of aliphatic carboxylic acids is 1. The van der Waals surface area contributed by atoms with Gasteiger partial charge in [0, 0.05) is 25.4 Å². The van der Waals surface area contributed by atoms with Crippen LogP contribution in [0, 0.1) is 5.92 Å². The van der Waals surface area contributed by atoms with Gasteiger partial charge >= 0.3 is 12.0 Å². The molecule has 8 nitrogen and oxygen atoms in total. The molecule has 3 N–H and O–H groups in total. The minimum Gasteiger partial charge on any atom is -0.481 e. The lowest BCUT2D eigenvalue weighted by atomic mass is 9.86. The molecule has 1 fully saturated rings. The van der Waals surface area contributed by atoms with E-state index >= 15 is 0 Å². The summed E-state index contributed by atoms with van der Waals surface area (Å²) in [6.07, 6.45) is 8.25. The van der Waals surface area contributed by atoms with Gasteiger partial charge < -0.3 is 25.2 Å². The molecule has 3 amide bonds. The van der Waals surface area contributed by atoms with Crippen LogP contribution in [0.2, 0.25) is 0 Å². The van der Waals surface area contributed by atoms with E-state index in [2.05, 4.69) is 20.1 Å². The molecule has 0 heterocycles. The molecule has 3 rings (SSSR count). The van der Waals surface area contributed by atoms with Crippen LogP contribution in [0.5, 0.6) is 5.75 Å². The van der Waals surface area contributed by atoms with E-state index in [1.54, 1.807) is 24.1 Å². The molecular formula is C26H36N3O5P. The Morgan fingerprint density at radius 1 is 1.17 bits per heavy atom. The van der Waals surface area contributed by atoms with Gasteiger partial charge in [-0.15, -0.1) is 0 Å². The molecule has 0 spiro atoms. The number of nitrogens with one attached hydrogen (secondary N) is 2. The Labute approximate surface area is 209 Å². The molecule has 1 aliphatic carbocycles. The van der Waals surface area contributed by atoms with Crippen molar-refractivity contribution >= 4 is 43.8 Å². The molecule has 1 saturated carbocycles. The second-order valence-electron chi connectivity index (χ2n) is 9.30. The molecule has 0 radical (unpaired) electrons. The van der Waals surface area contributed by atoms with Gasteiger partial charge in [0.05, 0.1) is 15.2 Å². The molecule has 0 aliphatic heterocycles. The van der Waals surface area contributed by atoms with Crippen LogP contribution in [0.3, 0.4) is 0 Å². The minimum absolute atomic E-state index is 0.0267. The predicted molar refractivity (Wildman–Crippen MR) is 141 cm³/mol. The van der Waals surface area contributed by atoms with E-state index in [4.69, 9.17) is 9.63 Å². The lowest BCUT2D eigenvalue weighted by Gasteiger charge is -2.26. The van der Waals surface area contributed by atoms with Crippen LogP contribution in [0.25, 0.3) is 10.8 Å². The highest BCUT2D eigenvalue weighted by Crippen LogP contribution is 2.28. The van der Waals surface area contributed by atoms with Gasteiger partial charge in [0.25, 0.3) is 0 Å². The summed E-state index contributed by atoms with van der Waals surface area (Å²) in [6.45, 7) is 0.589. The third kappa shape index (κ3) is 8.10. The highest BCUT2D eigenvalue weighted by atomic mass is 31.0. The molecule has 9 heteroatoms. The first-order valence-corrected chi connectivity index (χ1v) is 12.8. The number of nitrogens with zero attached hydrogens (tertiary/aromatic N) is 1. The summed E-state index contributed by atoms with van der Waals surface area (Å²) in [5.74, 6) is 0.129. The summed E-state index contributed by atoms with van der Waals surface area (Å²) in [7, 11) is 3.92. The largest absolute Gasteiger partial charge is 0.481 e. The van der Waals surface area contributed by atoms with Crippen LogP contribution >= 0.6 is 9.47 Å². The van der Waals surface area contributed by atoms with Gasteiger partial charge in [-0.3, -0.25) is 9.59 Å². The molecule has 190 valence electrons. The van der Waals surface area contributed by atoms with Crippen molar-refractivity contribution in [2.75, 3.05) is 18.9 Å². The SMILES string of the molecule is CN(CCCC1CCCCC1)C(=O)C(CCC(=O)O)NC(=O)Nc1cccc2cc(OP)ccc12. The maximum absolute atomic E-state index is 13.1. The average molecular weight is 502 g/mol. The summed E-state index contributed by atoms with van der Waals surface area (Å²) in [4.78, 5) is 38.7. The molecule has 2 aromatic carbocycles. The average Bonchev–Trinajstić information content (AvgIpc) is 2.86. The van der Waals surface area contributed by atoms with Crippen molar-refractivity contribution in [3.8, 4) is 5.75 Å². The molecule has 2 aromatic rings. The third-order valence-electron chi connectivity index (χ3n) is 6.69. The van der Waals surface area contributed by atoms with E-state index < -0.39 is 18.0 Å². The second-order valence-corrected chi connectivity index (χ2v) is 9.53. The highest BCUT2D eigenvalue weighted by molar-refractivity contribution is 7.10. The zero-order valence-corrected chi connectivity index (χ0v) is 21.4. The molecule has 2 unspecified atom stereocenters. The van der Waals surface area contributed by atoms with Crippen LogP contribution in [-0.4, -0.2) is 47.5 Å². The first kappa shape index (κ1) is 26.7. The van der Waals surface area contributed by atoms with E-state index in [1.807, 2.05) is 24.3 Å². The number of likely N-dealkylation sites (N-methyl/N-ethyl adjacent to an activating group) is 1. The number of urea groups is 1. The van der Waals surface area contributed by atoms with Gasteiger partial charge in [-0.2, -0.15) is 0 Å². The van der Waals surface area contributed by atoms with E-state index in [-0.39, 0.29) is 18.7 Å². The van der Waals surface area contributed by atoms with Crippen molar-refractivity contribution in [3.63, 3.8) is 0 Å². The lowest BCUT2D eigenvalue weighted by Crippen LogP contribution is -2.49. The monoisotopic (exact) mass is 501 g/mol. The number of carboxylic acids is 1. The summed E-state index contributed by atoms with van der Waals surface area (Å²) in [5, 5.41) is 16.3. The molecular weight excluding hydrogens is 465 g/mol. The topological polar surface area (TPSA) is 108 Å². The fraction of sp³-hybridized carbons (Fsp3) is 0.500. The van der Waals surface area contributed by atoms with Crippen LogP contribution < -0.4 is 15.2 Å². The first-order valence-electron chi connectivity index (χ1n) is 12.3. The Morgan fingerprint density at radius 2 is 1.94 bits per heavy atom. The van der Waals surface area contributed by atoms with Crippen LogP contribution in [-0.2, 0) is 9.59 Å². The van der Waals surface area contributed by atoms with Gasteiger partial charge in [0.1, 0.15) is 11.8 Å². The van der Waals surface area contributed by atoms with E-state index in [9.17, 15) is 14.4 Å². The number of hydrogen-bond donors (Lipinski definition) is 3. The number of carboxylic acid groups (broad SMARTS) is 1. The maximum atomic E-state index is 13.1. The number of benzene rings is 2. The van der Waals surface area contributed by atoms with Gasteiger partial charge in [0.2, 0.25) is 5.91 Å². The Bertz CT molecular complexity index is 1030. The van der Waals surface area contributed by atoms with Crippen molar-refractivity contribution in [2.24, 2.45) is 5.92 Å². The fourth-order valence-electron chi connectivity index (χ4n) is 4.76. The van der Waals surface area contributed by atoms with Crippen molar-refractivity contribution in [3.05, 3.63) is 36.4 Å². The predicted octanol–water partition coefficient (Wildman–Crippen LogP) is 5.18. The molecule has 2 atom stereocenters. The van der Waals surface area contributed by atoms with Crippen molar-refractivity contribution in [1.29, 1.82) is 0 Å². The van der Waals surface area contributed by atoms with Gasteiger partial charge in [-0.25, -0.2) is 4.79 Å². The van der Waals surface area contributed by atoms with Crippen LogP contribution in [0.15, 0.2) is 36.4 Å². The Balaban J connectivity index is 1.61. The Hall–Kier alpha value is -2.86. The van der Waals surface area contributed by atoms with E-state index in [0.29, 0.717) is 18.0 Å². The summed E-state index contributed by atoms with van der Waals surface area (Å²) in [6, 6.07) is 9.52. The minimum atomic E-state index is -1.01. The Kier molecular flexibility index (Phi) is 10.2. The van der Waals surface area contributed by atoms with Crippen molar-refractivity contribution in [1.82, 2.24) is 10.2 Å². The summed E-state index contributed by atoms with van der Waals surface area (Å²) in [5.41, 5.74) is 0.584. The zero-order chi connectivity index (χ0) is 25.2. The Morgan fingerprint density at radius 3 is 2.66 bits per heavy atom. The summed E-state index contributed by atoms with van der Waals surface area (Å²) < 4.78 is 5.18. The standard InChI is InChI=1S/C26H36N3O5P/c1-29(16-6-9-18-7-3-2-4-8-18)25(32)23(14-15-24(30)31)28-26(33)27-22-11-5-10-19-17-20(34-35)12-13-21(19)22/h5,10-13,17-18,23H,2-4,6-9,14-16,35H2,1H3,(H,30,31)(H2,27,28,33). The molecule has 1 aliphatic rings. The quantitative estimate of drug-likeness (QED) is 0.368. The van der Waals surface area contributed by atoms with Crippen LogP contribution in [0.1, 0.15) is 57.8 Å². The summed E-state index contributed by atoms with van der Waals surface area (Å²) >= 11 is 0. The van der Waals surface area contributed by atoms with E-state index in [1.165, 1.54) is 32.1 Å². The number of amides is 3. The van der Waals surface area contributed by atoms with Crippen molar-refractivity contribution < 1.29 is 24.0 Å². The molecule has 0 aromatic heterocycles. The van der Waals surface area contributed by atoms with Crippen molar-refractivity contribution in [2.45, 2.75) is 63.8 Å². The number of rotatable bonds is 11. The normalized spacial score (nSPS) is 14.8. The number of anilines is 1. The zero-order valence-electron chi connectivity index (χ0n) is 20.3. The smallest absolute Gasteiger partial charge is 0.319 e.